The first-order valence-corrected chi connectivity index (χ1v) is 7.77. The maximum atomic E-state index is 11.9. The van der Waals surface area contributed by atoms with Crippen LogP contribution in [0.3, 0.4) is 0 Å². The van der Waals surface area contributed by atoms with Gasteiger partial charge in [-0.15, -0.1) is 0 Å². The molecule has 1 saturated heterocycles. The van der Waals surface area contributed by atoms with Gasteiger partial charge in [0.15, 0.2) is 6.61 Å². The van der Waals surface area contributed by atoms with E-state index in [4.69, 9.17) is 14.2 Å². The zero-order chi connectivity index (χ0) is 16.2. The van der Waals surface area contributed by atoms with Crippen LogP contribution in [0.25, 0.3) is 0 Å². The second-order valence-corrected chi connectivity index (χ2v) is 7.63. The van der Waals surface area contributed by atoms with Crippen LogP contribution in [-0.2, 0) is 28.6 Å². The van der Waals surface area contributed by atoms with Crippen molar-refractivity contribution in [1.29, 1.82) is 0 Å². The van der Waals surface area contributed by atoms with Gasteiger partial charge in [-0.25, -0.2) is 4.79 Å². The number of carbonyl (C=O) groups is 3. The van der Waals surface area contributed by atoms with E-state index < -0.39 is 30.1 Å². The van der Waals surface area contributed by atoms with Gasteiger partial charge in [0.1, 0.15) is 12.2 Å². The smallest absolute Gasteiger partial charge is 0.344 e. The molecule has 22 heavy (non-hydrogen) atoms. The molecule has 2 aliphatic carbocycles. The molecular weight excluding hydrogens is 288 g/mol. The molecular formula is C16H22O6. The lowest BCUT2D eigenvalue weighted by Gasteiger charge is -2.29. The minimum absolute atomic E-state index is 0.0383. The van der Waals surface area contributed by atoms with Crippen molar-refractivity contribution in [2.45, 2.75) is 46.3 Å². The van der Waals surface area contributed by atoms with Crippen molar-refractivity contribution < 1.29 is 28.6 Å². The van der Waals surface area contributed by atoms with Crippen molar-refractivity contribution in [1.82, 2.24) is 0 Å². The third-order valence-electron chi connectivity index (χ3n) is 5.14. The summed E-state index contributed by atoms with van der Waals surface area (Å²) >= 11 is 0. The Morgan fingerprint density at radius 1 is 1.27 bits per heavy atom. The quantitative estimate of drug-likeness (QED) is 0.578. The minimum atomic E-state index is -0.657. The summed E-state index contributed by atoms with van der Waals surface area (Å²) in [5.41, 5.74) is -0.657. The molecule has 0 N–H and O–H groups in total. The zero-order valence-corrected chi connectivity index (χ0v) is 13.3. The molecule has 6 unspecified atom stereocenters. The van der Waals surface area contributed by atoms with E-state index in [1.54, 1.807) is 20.8 Å². The highest BCUT2D eigenvalue weighted by molar-refractivity contribution is 5.80. The summed E-state index contributed by atoms with van der Waals surface area (Å²) in [5.74, 6) is -0.728. The van der Waals surface area contributed by atoms with E-state index in [0.717, 1.165) is 6.42 Å². The van der Waals surface area contributed by atoms with Crippen LogP contribution in [0.4, 0.5) is 0 Å². The van der Waals surface area contributed by atoms with Crippen molar-refractivity contribution in [3.05, 3.63) is 0 Å². The summed E-state index contributed by atoms with van der Waals surface area (Å²) in [5, 5.41) is 0. The summed E-state index contributed by atoms with van der Waals surface area (Å²) in [7, 11) is 0. The third kappa shape index (κ3) is 2.29. The average Bonchev–Trinajstić information content (AvgIpc) is 2.99. The Hall–Kier alpha value is -1.59. The molecule has 6 heteroatoms. The van der Waals surface area contributed by atoms with Crippen LogP contribution < -0.4 is 0 Å². The molecule has 0 aromatic heterocycles. The van der Waals surface area contributed by atoms with Crippen LogP contribution in [-0.4, -0.2) is 36.7 Å². The van der Waals surface area contributed by atoms with E-state index in [-0.39, 0.29) is 35.7 Å². The van der Waals surface area contributed by atoms with E-state index in [2.05, 4.69) is 0 Å². The zero-order valence-electron chi connectivity index (χ0n) is 13.3. The molecule has 3 fully saturated rings. The predicted octanol–water partition coefficient (Wildman–Crippen LogP) is 1.31. The Balaban J connectivity index is 1.57. The van der Waals surface area contributed by atoms with Gasteiger partial charge in [-0.3, -0.25) is 9.59 Å². The average molecular weight is 310 g/mol. The summed E-state index contributed by atoms with van der Waals surface area (Å²) in [6.45, 7) is 6.77. The van der Waals surface area contributed by atoms with Gasteiger partial charge in [0.25, 0.3) is 0 Å². The van der Waals surface area contributed by atoms with Crippen molar-refractivity contribution in [3.63, 3.8) is 0 Å². The van der Waals surface area contributed by atoms with Gasteiger partial charge < -0.3 is 14.2 Å². The molecule has 0 amide bonds. The van der Waals surface area contributed by atoms with Crippen molar-refractivity contribution in [2.75, 3.05) is 6.61 Å². The van der Waals surface area contributed by atoms with Crippen LogP contribution in [0.15, 0.2) is 0 Å². The molecule has 6 nitrogen and oxygen atoms in total. The topological polar surface area (TPSA) is 78.9 Å². The molecule has 0 spiro atoms. The number of hydrogen-bond donors (Lipinski definition) is 0. The van der Waals surface area contributed by atoms with Crippen molar-refractivity contribution in [3.8, 4) is 0 Å². The first kappa shape index (κ1) is 15.3. The molecule has 0 aromatic carbocycles. The SMILES string of the molecule is CC1C2CC3C(OC(=O)C13)C2OC(=O)COC(=O)C(C)(C)C. The highest BCUT2D eigenvalue weighted by Crippen LogP contribution is 2.58. The van der Waals surface area contributed by atoms with Crippen LogP contribution >= 0.6 is 0 Å². The number of hydrogen-bond acceptors (Lipinski definition) is 6. The molecule has 3 aliphatic rings. The van der Waals surface area contributed by atoms with E-state index in [0.29, 0.717) is 0 Å². The minimum Gasteiger partial charge on any atom is -0.458 e. The summed E-state index contributed by atoms with van der Waals surface area (Å²) in [6, 6.07) is 0. The molecule has 1 aliphatic heterocycles. The second kappa shape index (κ2) is 4.96. The number of ether oxygens (including phenoxy) is 3. The monoisotopic (exact) mass is 310 g/mol. The number of fused-ring (bicyclic) bond motifs is 1. The van der Waals surface area contributed by atoms with E-state index >= 15 is 0 Å². The van der Waals surface area contributed by atoms with Gasteiger partial charge in [-0.1, -0.05) is 6.92 Å². The number of carbonyl (C=O) groups excluding carboxylic acids is 3. The lowest BCUT2D eigenvalue weighted by atomic mass is 9.80. The molecule has 0 aromatic rings. The normalized spacial score (nSPS) is 38.8. The lowest BCUT2D eigenvalue weighted by Crippen LogP contribution is -2.40. The Bertz CT molecular complexity index is 519. The summed E-state index contributed by atoms with van der Waals surface area (Å²) in [6.07, 6.45) is 0.145. The molecule has 3 rings (SSSR count). The molecule has 6 atom stereocenters. The summed E-state index contributed by atoms with van der Waals surface area (Å²) < 4.78 is 15.8. The first-order valence-electron chi connectivity index (χ1n) is 7.77. The van der Waals surface area contributed by atoms with Crippen molar-refractivity contribution >= 4 is 17.9 Å². The number of esters is 3. The van der Waals surface area contributed by atoms with Gasteiger partial charge in [0.05, 0.1) is 11.3 Å². The van der Waals surface area contributed by atoms with Gasteiger partial charge >= 0.3 is 17.9 Å². The van der Waals surface area contributed by atoms with Crippen LogP contribution in [0.5, 0.6) is 0 Å². The largest absolute Gasteiger partial charge is 0.458 e. The Morgan fingerprint density at radius 2 is 1.95 bits per heavy atom. The van der Waals surface area contributed by atoms with Crippen LogP contribution in [0.2, 0.25) is 0 Å². The van der Waals surface area contributed by atoms with Gasteiger partial charge in [-0.2, -0.15) is 0 Å². The molecule has 0 radical (unpaired) electrons. The maximum absolute atomic E-state index is 11.9. The number of rotatable bonds is 3. The second-order valence-electron chi connectivity index (χ2n) is 7.63. The fourth-order valence-corrected chi connectivity index (χ4v) is 4.03. The summed E-state index contributed by atoms with van der Waals surface area (Å²) in [4.78, 5) is 35.4. The van der Waals surface area contributed by atoms with Gasteiger partial charge in [0.2, 0.25) is 0 Å². The van der Waals surface area contributed by atoms with E-state index in [1.165, 1.54) is 0 Å². The fraction of sp³-hybridized carbons (Fsp3) is 0.812. The molecule has 1 heterocycles. The Morgan fingerprint density at radius 3 is 2.59 bits per heavy atom. The molecule has 2 bridgehead atoms. The van der Waals surface area contributed by atoms with E-state index in [9.17, 15) is 14.4 Å². The predicted molar refractivity (Wildman–Crippen MR) is 74.4 cm³/mol. The van der Waals surface area contributed by atoms with Crippen LogP contribution in [0, 0.1) is 29.1 Å². The Kier molecular flexibility index (Phi) is 3.45. The van der Waals surface area contributed by atoms with Crippen molar-refractivity contribution in [2.24, 2.45) is 29.1 Å². The highest BCUT2D eigenvalue weighted by Gasteiger charge is 2.66. The van der Waals surface area contributed by atoms with Gasteiger partial charge in [-0.05, 0) is 33.1 Å². The third-order valence-corrected chi connectivity index (χ3v) is 5.14. The highest BCUT2D eigenvalue weighted by atomic mass is 16.6. The first-order chi connectivity index (χ1) is 10.2. The lowest BCUT2D eigenvalue weighted by molar-refractivity contribution is -0.173. The fourth-order valence-electron chi connectivity index (χ4n) is 4.03. The standard InChI is InChI=1S/C16H22O6/c1-7-8-5-9-11(7)14(18)22-13(9)12(8)21-10(17)6-20-15(19)16(2,3)4/h7-9,11-13H,5-6H2,1-4H3. The Labute approximate surface area is 129 Å². The van der Waals surface area contributed by atoms with Crippen LogP contribution in [0.1, 0.15) is 34.1 Å². The van der Waals surface area contributed by atoms with E-state index in [1.807, 2.05) is 6.92 Å². The molecule has 122 valence electrons. The molecule has 2 saturated carbocycles. The maximum Gasteiger partial charge on any atom is 0.344 e. The van der Waals surface area contributed by atoms with Gasteiger partial charge in [0, 0.05) is 11.8 Å².